The number of ether oxygens (including phenoxy) is 1. The van der Waals surface area contributed by atoms with E-state index < -0.39 is 17.9 Å². The third-order valence-corrected chi connectivity index (χ3v) is 3.94. The van der Waals surface area contributed by atoms with Gasteiger partial charge < -0.3 is 10.1 Å². The van der Waals surface area contributed by atoms with E-state index in [1.165, 1.54) is 22.9 Å². The minimum atomic E-state index is -0.464. The molecule has 0 aliphatic rings. The lowest BCUT2D eigenvalue weighted by molar-refractivity contribution is 0.231. The highest BCUT2D eigenvalue weighted by Crippen LogP contribution is 2.19. The lowest BCUT2D eigenvalue weighted by atomic mass is 10.1. The van der Waals surface area contributed by atoms with Crippen molar-refractivity contribution < 1.29 is 13.9 Å². The lowest BCUT2D eigenvalue weighted by Crippen LogP contribution is -2.35. The molecule has 0 saturated carbocycles. The van der Waals surface area contributed by atoms with Gasteiger partial charge in [0.25, 0.3) is 0 Å². The van der Waals surface area contributed by atoms with Gasteiger partial charge in [0.15, 0.2) is 11.6 Å². The summed E-state index contributed by atoms with van der Waals surface area (Å²) in [5.41, 5.74) is 2.36. The Kier molecular flexibility index (Phi) is 5.53. The number of carbonyl (C=O) groups is 1. The third-order valence-electron chi connectivity index (χ3n) is 3.33. The fourth-order valence-corrected chi connectivity index (χ4v) is 2.60. The van der Waals surface area contributed by atoms with E-state index in [9.17, 15) is 9.18 Å². The average molecular weight is 358 g/mol. The molecule has 128 valence electrons. The van der Waals surface area contributed by atoms with E-state index in [1.54, 1.807) is 18.2 Å². The normalized spacial score (nSPS) is 11.6. The van der Waals surface area contributed by atoms with Gasteiger partial charge >= 0.3 is 6.03 Å². The van der Waals surface area contributed by atoms with Gasteiger partial charge in [0.2, 0.25) is 5.13 Å². The van der Waals surface area contributed by atoms with E-state index in [4.69, 9.17) is 4.74 Å². The molecule has 1 atom stereocenters. The Morgan fingerprint density at radius 2 is 1.92 bits per heavy atom. The molecule has 6 nitrogen and oxygen atoms in total. The van der Waals surface area contributed by atoms with E-state index >= 15 is 0 Å². The van der Waals surface area contributed by atoms with Gasteiger partial charge in [-0.25, -0.2) is 9.18 Å². The number of amides is 2. The van der Waals surface area contributed by atoms with Gasteiger partial charge in [-0.15, -0.1) is 10.2 Å². The molecule has 2 aromatic carbocycles. The predicted octanol–water partition coefficient (Wildman–Crippen LogP) is 3.62. The van der Waals surface area contributed by atoms with Crippen molar-refractivity contribution >= 4 is 22.5 Å². The molecule has 0 aliphatic heterocycles. The fourth-order valence-electron chi connectivity index (χ4n) is 2.16. The van der Waals surface area contributed by atoms with Crippen molar-refractivity contribution in [1.82, 2.24) is 15.5 Å². The van der Waals surface area contributed by atoms with E-state index in [2.05, 4.69) is 20.8 Å². The highest BCUT2D eigenvalue weighted by molar-refractivity contribution is 7.13. The van der Waals surface area contributed by atoms with Crippen LogP contribution >= 0.6 is 11.3 Å². The largest absolute Gasteiger partial charge is 0.488 e. The fraction of sp³-hybridized carbons (Fsp3) is 0.118. The summed E-state index contributed by atoms with van der Waals surface area (Å²) >= 11 is 1.21. The topological polar surface area (TPSA) is 76.1 Å². The van der Waals surface area contributed by atoms with E-state index in [1.807, 2.05) is 30.3 Å². The van der Waals surface area contributed by atoms with E-state index in [0.717, 1.165) is 5.56 Å². The first-order valence-electron chi connectivity index (χ1n) is 7.48. The summed E-state index contributed by atoms with van der Waals surface area (Å²) in [7, 11) is 0. The molecule has 0 fully saturated rings. The van der Waals surface area contributed by atoms with Gasteiger partial charge in [0.1, 0.15) is 12.1 Å². The summed E-state index contributed by atoms with van der Waals surface area (Å²) < 4.78 is 19.3. The Morgan fingerprint density at radius 1 is 1.16 bits per heavy atom. The number of benzene rings is 2. The maximum absolute atomic E-state index is 13.7. The molecule has 8 heteroatoms. The maximum atomic E-state index is 13.7. The Labute approximate surface area is 147 Å². The Bertz CT molecular complexity index is 815. The number of para-hydroxylation sites is 1. The Morgan fingerprint density at radius 3 is 2.64 bits per heavy atom. The molecule has 3 rings (SSSR count). The highest BCUT2D eigenvalue weighted by atomic mass is 32.1. The monoisotopic (exact) mass is 358 g/mol. The molecule has 1 aromatic heterocycles. The molecular weight excluding hydrogens is 343 g/mol. The molecule has 25 heavy (non-hydrogen) atoms. The summed E-state index contributed by atoms with van der Waals surface area (Å²) in [6.07, 6.45) is 0. The van der Waals surface area contributed by atoms with Crippen LogP contribution in [0.25, 0.3) is 0 Å². The van der Waals surface area contributed by atoms with Crippen molar-refractivity contribution in [1.29, 1.82) is 0 Å². The summed E-state index contributed by atoms with van der Waals surface area (Å²) in [6, 6.07) is 14.5. The van der Waals surface area contributed by atoms with E-state index in [-0.39, 0.29) is 12.4 Å². The maximum Gasteiger partial charge on any atom is 0.321 e. The standard InChI is InChI=1S/C17H15FN4O2S/c18-13-8-4-5-9-15(13)24-10-14(12-6-2-1-3-7-12)20-16(23)21-17-22-19-11-25-17/h1-9,11,14H,10H2,(H2,20,21,22,23)/t14-/m0/s1. The number of nitrogens with one attached hydrogen (secondary N) is 2. The number of carbonyl (C=O) groups excluding carboxylic acids is 1. The zero-order valence-corrected chi connectivity index (χ0v) is 13.9. The van der Waals surface area contributed by atoms with Gasteiger partial charge in [-0.3, -0.25) is 5.32 Å². The number of anilines is 1. The number of hydrogen-bond donors (Lipinski definition) is 2. The van der Waals surface area contributed by atoms with Gasteiger partial charge in [0, 0.05) is 0 Å². The molecule has 2 N–H and O–H groups in total. The van der Waals surface area contributed by atoms with Crippen molar-refractivity contribution in [3.8, 4) is 5.75 Å². The quantitative estimate of drug-likeness (QED) is 0.706. The molecule has 0 spiro atoms. The van der Waals surface area contributed by atoms with Crippen molar-refractivity contribution in [2.45, 2.75) is 6.04 Å². The molecule has 1 heterocycles. The zero-order chi connectivity index (χ0) is 17.5. The van der Waals surface area contributed by atoms with Crippen LogP contribution in [0.2, 0.25) is 0 Å². The van der Waals surface area contributed by atoms with Crippen LogP contribution in [-0.4, -0.2) is 22.8 Å². The molecule has 0 unspecified atom stereocenters. The molecule has 0 saturated heterocycles. The van der Waals surface area contributed by atoms with Crippen LogP contribution < -0.4 is 15.4 Å². The number of nitrogens with zero attached hydrogens (tertiary/aromatic N) is 2. The van der Waals surface area contributed by atoms with Crippen molar-refractivity contribution in [2.75, 3.05) is 11.9 Å². The minimum Gasteiger partial charge on any atom is -0.488 e. The number of rotatable bonds is 6. The van der Waals surface area contributed by atoms with Crippen molar-refractivity contribution in [2.24, 2.45) is 0 Å². The second kappa shape index (κ2) is 8.20. The summed E-state index contributed by atoms with van der Waals surface area (Å²) in [6.45, 7) is 0.0779. The first kappa shape index (κ1) is 16.8. The van der Waals surface area contributed by atoms with Gasteiger partial charge in [-0.2, -0.15) is 0 Å². The smallest absolute Gasteiger partial charge is 0.321 e. The van der Waals surface area contributed by atoms with Crippen LogP contribution in [-0.2, 0) is 0 Å². The van der Waals surface area contributed by atoms with Crippen LogP contribution in [0, 0.1) is 5.82 Å². The van der Waals surface area contributed by atoms with Crippen LogP contribution in [0.4, 0.5) is 14.3 Å². The number of urea groups is 1. The van der Waals surface area contributed by atoms with Gasteiger partial charge in [-0.05, 0) is 17.7 Å². The summed E-state index contributed by atoms with van der Waals surface area (Å²) in [5, 5.41) is 13.2. The summed E-state index contributed by atoms with van der Waals surface area (Å²) in [4.78, 5) is 12.2. The minimum absolute atomic E-state index is 0.0779. The number of halogens is 1. The molecular formula is C17H15FN4O2S. The first-order chi connectivity index (χ1) is 12.2. The van der Waals surface area contributed by atoms with E-state index in [0.29, 0.717) is 5.13 Å². The van der Waals surface area contributed by atoms with Crippen LogP contribution in [0.1, 0.15) is 11.6 Å². The second-order valence-electron chi connectivity index (χ2n) is 5.05. The van der Waals surface area contributed by atoms with Crippen LogP contribution in [0.5, 0.6) is 5.75 Å². The Hall–Kier alpha value is -3.00. The average Bonchev–Trinajstić information content (AvgIpc) is 3.13. The van der Waals surface area contributed by atoms with Crippen LogP contribution in [0.3, 0.4) is 0 Å². The first-order valence-corrected chi connectivity index (χ1v) is 8.36. The van der Waals surface area contributed by atoms with Crippen LogP contribution in [0.15, 0.2) is 60.1 Å². The predicted molar refractivity (Wildman–Crippen MR) is 93.1 cm³/mol. The molecule has 0 bridgehead atoms. The molecule has 2 amide bonds. The summed E-state index contributed by atoms with van der Waals surface area (Å²) in [5.74, 6) is -0.317. The SMILES string of the molecule is O=C(Nc1nncs1)N[C@@H](COc1ccccc1F)c1ccccc1. The van der Waals surface area contributed by atoms with Crippen molar-refractivity contribution in [3.63, 3.8) is 0 Å². The lowest BCUT2D eigenvalue weighted by Gasteiger charge is -2.20. The number of hydrogen-bond acceptors (Lipinski definition) is 5. The highest BCUT2D eigenvalue weighted by Gasteiger charge is 2.17. The van der Waals surface area contributed by atoms with Gasteiger partial charge in [-0.1, -0.05) is 53.8 Å². The van der Waals surface area contributed by atoms with Gasteiger partial charge in [0.05, 0.1) is 6.04 Å². The second-order valence-corrected chi connectivity index (χ2v) is 5.88. The third kappa shape index (κ3) is 4.74. The molecule has 0 aliphatic carbocycles. The number of aromatic nitrogens is 2. The molecule has 0 radical (unpaired) electrons. The molecule has 3 aromatic rings. The Balaban J connectivity index is 1.69. The zero-order valence-electron chi connectivity index (χ0n) is 13.1. The van der Waals surface area contributed by atoms with Crippen molar-refractivity contribution in [3.05, 3.63) is 71.5 Å².